The second kappa shape index (κ2) is 7.08. The summed E-state index contributed by atoms with van der Waals surface area (Å²) in [5, 5.41) is 3.65. The smallest absolute Gasteiger partial charge is 0.354 e. The van der Waals surface area contributed by atoms with Crippen molar-refractivity contribution < 1.29 is 18.7 Å². The van der Waals surface area contributed by atoms with E-state index in [4.69, 9.17) is 9.15 Å². The van der Waals surface area contributed by atoms with E-state index in [2.05, 4.69) is 5.32 Å². The number of rotatable bonds is 4. The van der Waals surface area contributed by atoms with E-state index in [1.165, 1.54) is 7.11 Å². The van der Waals surface area contributed by atoms with Crippen molar-refractivity contribution in [2.75, 3.05) is 12.4 Å². The van der Waals surface area contributed by atoms with E-state index in [1.54, 1.807) is 41.9 Å². The lowest BCUT2D eigenvalue weighted by molar-refractivity contribution is 0.0590. The highest BCUT2D eigenvalue weighted by molar-refractivity contribution is 6.04. The monoisotopic (exact) mass is 374 g/mol. The van der Waals surface area contributed by atoms with Crippen molar-refractivity contribution in [1.82, 2.24) is 4.57 Å². The number of amides is 1. The van der Waals surface area contributed by atoms with Gasteiger partial charge in [-0.3, -0.25) is 4.79 Å². The van der Waals surface area contributed by atoms with Gasteiger partial charge in [-0.25, -0.2) is 4.79 Å². The number of aryl methyl sites for hydroxylation is 1. The molecule has 2 heterocycles. The Hall–Kier alpha value is -3.80. The summed E-state index contributed by atoms with van der Waals surface area (Å²) < 4.78 is 12.2. The highest BCUT2D eigenvalue weighted by Gasteiger charge is 2.16. The van der Waals surface area contributed by atoms with Gasteiger partial charge in [0.25, 0.3) is 5.91 Å². The fourth-order valence-electron chi connectivity index (χ4n) is 3.14. The Labute approximate surface area is 161 Å². The van der Waals surface area contributed by atoms with E-state index in [0.717, 1.165) is 16.5 Å². The van der Waals surface area contributed by atoms with Gasteiger partial charge in [0.15, 0.2) is 5.76 Å². The molecule has 2 aromatic carbocycles. The molecule has 4 rings (SSSR count). The van der Waals surface area contributed by atoms with Gasteiger partial charge in [0.1, 0.15) is 11.5 Å². The predicted octanol–water partition coefficient (Wildman–Crippen LogP) is 4.48. The van der Waals surface area contributed by atoms with Crippen LogP contribution in [0.15, 0.2) is 71.1 Å². The average Bonchev–Trinajstić information content (AvgIpc) is 3.33. The largest absolute Gasteiger partial charge is 0.464 e. The summed E-state index contributed by atoms with van der Waals surface area (Å²) in [7, 11) is 3.14. The van der Waals surface area contributed by atoms with Gasteiger partial charge in [-0.2, -0.15) is 0 Å². The first-order valence-corrected chi connectivity index (χ1v) is 8.71. The summed E-state index contributed by atoms with van der Waals surface area (Å²) in [6.07, 6.45) is 0. The van der Waals surface area contributed by atoms with Crippen molar-refractivity contribution in [2.24, 2.45) is 7.05 Å². The van der Waals surface area contributed by atoms with Crippen LogP contribution in [0.25, 0.3) is 22.2 Å². The molecule has 0 aliphatic heterocycles. The molecular formula is C22H18N2O4. The number of methoxy groups -OCH3 is 1. The second-order valence-corrected chi connectivity index (χ2v) is 6.34. The molecule has 140 valence electrons. The Balaban J connectivity index is 1.57. The first-order valence-electron chi connectivity index (χ1n) is 8.71. The van der Waals surface area contributed by atoms with Crippen molar-refractivity contribution in [2.45, 2.75) is 0 Å². The Bertz CT molecular complexity index is 1170. The number of aromatic nitrogens is 1. The molecule has 0 saturated carbocycles. The van der Waals surface area contributed by atoms with Crippen LogP contribution in [0.1, 0.15) is 21.0 Å². The standard InChI is InChI=1S/C22H18N2O4/c1-24-17-9-8-16(12-15(17)13-18(24)22(26)27-2)23-21(25)20-11-10-19(28-20)14-6-4-3-5-7-14/h3-13H,1-2H3,(H,23,25). The van der Waals surface area contributed by atoms with Crippen LogP contribution in [0, 0.1) is 0 Å². The minimum Gasteiger partial charge on any atom is -0.464 e. The van der Waals surface area contributed by atoms with E-state index < -0.39 is 5.97 Å². The molecule has 6 nitrogen and oxygen atoms in total. The number of fused-ring (bicyclic) bond motifs is 1. The molecule has 28 heavy (non-hydrogen) atoms. The predicted molar refractivity (Wildman–Crippen MR) is 106 cm³/mol. The Morgan fingerprint density at radius 3 is 2.54 bits per heavy atom. The molecule has 0 radical (unpaired) electrons. The third-order valence-electron chi connectivity index (χ3n) is 4.58. The van der Waals surface area contributed by atoms with E-state index in [0.29, 0.717) is 17.1 Å². The maximum atomic E-state index is 12.5. The van der Waals surface area contributed by atoms with Crippen LogP contribution >= 0.6 is 0 Å². The van der Waals surface area contributed by atoms with Gasteiger partial charge < -0.3 is 19.0 Å². The molecule has 4 aromatic rings. The van der Waals surface area contributed by atoms with Crippen molar-refractivity contribution in [3.63, 3.8) is 0 Å². The summed E-state index contributed by atoms with van der Waals surface area (Å²) in [6.45, 7) is 0. The number of carbonyl (C=O) groups excluding carboxylic acids is 2. The van der Waals surface area contributed by atoms with Crippen LogP contribution in [0.3, 0.4) is 0 Å². The average molecular weight is 374 g/mol. The van der Waals surface area contributed by atoms with Crippen LogP contribution in [0.4, 0.5) is 5.69 Å². The van der Waals surface area contributed by atoms with E-state index >= 15 is 0 Å². The number of hydrogen-bond acceptors (Lipinski definition) is 4. The first-order chi connectivity index (χ1) is 13.6. The molecule has 0 unspecified atom stereocenters. The van der Waals surface area contributed by atoms with E-state index in [9.17, 15) is 9.59 Å². The quantitative estimate of drug-likeness (QED) is 0.535. The molecule has 0 spiro atoms. The minimum absolute atomic E-state index is 0.224. The normalized spacial score (nSPS) is 10.8. The van der Waals surface area contributed by atoms with Gasteiger partial charge >= 0.3 is 5.97 Å². The lowest BCUT2D eigenvalue weighted by Crippen LogP contribution is -2.10. The van der Waals surface area contributed by atoms with Crippen molar-refractivity contribution in [1.29, 1.82) is 0 Å². The fraction of sp³-hybridized carbons (Fsp3) is 0.0909. The zero-order chi connectivity index (χ0) is 19.7. The van der Waals surface area contributed by atoms with Crippen molar-refractivity contribution in [3.8, 4) is 11.3 Å². The molecule has 0 aliphatic carbocycles. The molecule has 2 aromatic heterocycles. The lowest BCUT2D eigenvalue weighted by atomic mass is 10.2. The number of furan rings is 1. The number of carbonyl (C=O) groups is 2. The number of esters is 1. The molecule has 0 bridgehead atoms. The maximum absolute atomic E-state index is 12.5. The number of nitrogens with zero attached hydrogens (tertiary/aromatic N) is 1. The summed E-state index contributed by atoms with van der Waals surface area (Å²) in [6, 6.07) is 20.2. The van der Waals surface area contributed by atoms with E-state index in [-0.39, 0.29) is 11.7 Å². The van der Waals surface area contributed by atoms with Gasteiger partial charge in [0, 0.05) is 29.2 Å². The topological polar surface area (TPSA) is 73.5 Å². The third kappa shape index (κ3) is 3.16. The van der Waals surface area contributed by atoms with Crippen LogP contribution < -0.4 is 5.32 Å². The molecule has 1 N–H and O–H groups in total. The molecule has 0 aliphatic rings. The van der Waals surface area contributed by atoms with Gasteiger partial charge in [0.2, 0.25) is 0 Å². The molecule has 6 heteroatoms. The molecular weight excluding hydrogens is 356 g/mol. The van der Waals surface area contributed by atoms with Crippen molar-refractivity contribution in [3.05, 3.63) is 78.2 Å². The number of nitrogens with one attached hydrogen (secondary N) is 1. The zero-order valence-electron chi connectivity index (χ0n) is 15.4. The maximum Gasteiger partial charge on any atom is 0.354 e. The van der Waals surface area contributed by atoms with Crippen LogP contribution in [0.2, 0.25) is 0 Å². The Kier molecular flexibility index (Phi) is 4.45. The summed E-state index contributed by atoms with van der Waals surface area (Å²) >= 11 is 0. The summed E-state index contributed by atoms with van der Waals surface area (Å²) in [5.41, 5.74) is 2.82. The zero-order valence-corrected chi connectivity index (χ0v) is 15.4. The second-order valence-electron chi connectivity index (χ2n) is 6.34. The SMILES string of the molecule is COC(=O)c1cc2cc(NC(=O)c3ccc(-c4ccccc4)o3)ccc2n1C. The fourth-order valence-corrected chi connectivity index (χ4v) is 3.14. The van der Waals surface area contributed by atoms with Crippen LogP contribution in [0.5, 0.6) is 0 Å². The first kappa shape index (κ1) is 17.6. The van der Waals surface area contributed by atoms with Gasteiger partial charge in [0.05, 0.1) is 7.11 Å². The van der Waals surface area contributed by atoms with E-state index in [1.807, 2.05) is 36.4 Å². The number of hydrogen-bond donors (Lipinski definition) is 1. The third-order valence-corrected chi connectivity index (χ3v) is 4.58. The van der Waals surface area contributed by atoms with Gasteiger partial charge in [-0.05, 0) is 36.4 Å². The van der Waals surface area contributed by atoms with Crippen molar-refractivity contribution >= 4 is 28.5 Å². The number of ether oxygens (including phenoxy) is 1. The highest BCUT2D eigenvalue weighted by atomic mass is 16.5. The molecule has 0 saturated heterocycles. The number of anilines is 1. The molecule has 0 fully saturated rings. The number of benzene rings is 2. The van der Waals surface area contributed by atoms with Gasteiger partial charge in [-0.1, -0.05) is 30.3 Å². The Morgan fingerprint density at radius 1 is 1.00 bits per heavy atom. The van der Waals surface area contributed by atoms with Gasteiger partial charge in [-0.15, -0.1) is 0 Å². The minimum atomic E-state index is -0.409. The summed E-state index contributed by atoms with van der Waals surface area (Å²) in [5.74, 6) is 0.105. The molecule has 1 amide bonds. The van der Waals surface area contributed by atoms with Crippen LogP contribution in [-0.4, -0.2) is 23.6 Å². The lowest BCUT2D eigenvalue weighted by Gasteiger charge is -2.05. The highest BCUT2D eigenvalue weighted by Crippen LogP contribution is 2.25. The summed E-state index contributed by atoms with van der Waals surface area (Å²) in [4.78, 5) is 24.4. The molecule has 0 atom stereocenters. The Morgan fingerprint density at radius 2 is 1.79 bits per heavy atom. The van der Waals surface area contributed by atoms with Crippen LogP contribution in [-0.2, 0) is 11.8 Å².